The van der Waals surface area contributed by atoms with Crippen LogP contribution < -0.4 is 10.2 Å². The molecule has 2 aromatic heterocycles. The molecular formula is C22H26N4O4S2. The van der Waals surface area contributed by atoms with Crippen molar-refractivity contribution in [3.63, 3.8) is 0 Å². The average molecular weight is 475 g/mol. The van der Waals surface area contributed by atoms with E-state index in [1.165, 1.54) is 4.31 Å². The Hall–Kier alpha value is -2.56. The summed E-state index contributed by atoms with van der Waals surface area (Å²) in [4.78, 5) is 28.9. The number of pyridine rings is 1. The van der Waals surface area contributed by atoms with Gasteiger partial charge in [0, 0.05) is 44.0 Å². The number of sulfonamides is 1. The van der Waals surface area contributed by atoms with Crippen molar-refractivity contribution >= 4 is 37.5 Å². The molecule has 0 aliphatic carbocycles. The van der Waals surface area contributed by atoms with E-state index < -0.39 is 10.0 Å². The number of thiazole rings is 1. The summed E-state index contributed by atoms with van der Waals surface area (Å²) in [5.74, 6) is -0.280. The van der Waals surface area contributed by atoms with Gasteiger partial charge in [-0.05, 0) is 56.5 Å². The third-order valence-corrected chi connectivity index (χ3v) is 8.57. The van der Waals surface area contributed by atoms with E-state index in [-0.39, 0.29) is 40.7 Å². The minimum atomic E-state index is -3.69. The summed E-state index contributed by atoms with van der Waals surface area (Å²) >= 11 is 1.06. The highest BCUT2D eigenvalue weighted by Gasteiger charge is 2.32. The molecule has 3 aromatic rings. The van der Waals surface area contributed by atoms with Crippen LogP contribution in [-0.4, -0.2) is 41.3 Å². The van der Waals surface area contributed by atoms with Crippen LogP contribution in [0.5, 0.6) is 0 Å². The fourth-order valence-electron chi connectivity index (χ4n) is 4.01. The van der Waals surface area contributed by atoms with Gasteiger partial charge in [-0.25, -0.2) is 8.42 Å². The number of aromatic nitrogens is 2. The summed E-state index contributed by atoms with van der Waals surface area (Å²) in [5, 5.41) is 2.91. The molecular weight excluding hydrogens is 448 g/mol. The Morgan fingerprint density at radius 3 is 2.66 bits per heavy atom. The van der Waals surface area contributed by atoms with Crippen molar-refractivity contribution in [2.45, 2.75) is 44.2 Å². The molecule has 0 atom stereocenters. The third kappa shape index (κ3) is 4.48. The summed E-state index contributed by atoms with van der Waals surface area (Å²) in [7, 11) is -3.69. The van der Waals surface area contributed by atoms with E-state index in [9.17, 15) is 18.0 Å². The van der Waals surface area contributed by atoms with Crippen molar-refractivity contribution in [2.24, 2.45) is 5.92 Å². The lowest BCUT2D eigenvalue weighted by molar-refractivity contribution is -0.126. The topological polar surface area (TPSA) is 101 Å². The normalized spacial score (nSPS) is 16.0. The molecule has 32 heavy (non-hydrogen) atoms. The van der Waals surface area contributed by atoms with E-state index in [1.54, 1.807) is 35.2 Å². The molecule has 0 saturated carbocycles. The van der Waals surface area contributed by atoms with E-state index in [0.717, 1.165) is 22.4 Å². The van der Waals surface area contributed by atoms with E-state index in [0.29, 0.717) is 24.1 Å². The van der Waals surface area contributed by atoms with Gasteiger partial charge >= 0.3 is 4.87 Å². The van der Waals surface area contributed by atoms with Crippen molar-refractivity contribution in [1.82, 2.24) is 19.2 Å². The van der Waals surface area contributed by atoms with Crippen LogP contribution in [-0.2, 0) is 21.4 Å². The van der Waals surface area contributed by atoms with Crippen LogP contribution >= 0.6 is 11.3 Å². The van der Waals surface area contributed by atoms with Gasteiger partial charge in [0.1, 0.15) is 0 Å². The van der Waals surface area contributed by atoms with E-state index >= 15 is 0 Å². The predicted molar refractivity (Wildman–Crippen MR) is 124 cm³/mol. The highest BCUT2D eigenvalue weighted by atomic mass is 32.2. The molecule has 1 aliphatic rings. The molecule has 0 radical (unpaired) electrons. The quantitative estimate of drug-likeness (QED) is 0.592. The molecule has 170 valence electrons. The summed E-state index contributed by atoms with van der Waals surface area (Å²) in [5.41, 5.74) is 1.67. The first-order valence-electron chi connectivity index (χ1n) is 10.6. The van der Waals surface area contributed by atoms with Crippen LogP contribution in [0.2, 0.25) is 0 Å². The second kappa shape index (κ2) is 9.13. The zero-order valence-corrected chi connectivity index (χ0v) is 19.7. The minimum Gasteiger partial charge on any atom is -0.352 e. The molecule has 10 heteroatoms. The lowest BCUT2D eigenvalue weighted by Crippen LogP contribution is -2.42. The number of benzene rings is 1. The Bertz CT molecular complexity index is 1270. The monoisotopic (exact) mass is 474 g/mol. The number of carbonyl (C=O) groups is 1. The van der Waals surface area contributed by atoms with Crippen LogP contribution in [0.3, 0.4) is 0 Å². The average Bonchev–Trinajstić information content (AvgIpc) is 3.13. The molecule has 1 fully saturated rings. The lowest BCUT2D eigenvalue weighted by Gasteiger charge is -2.30. The molecule has 0 unspecified atom stereocenters. The summed E-state index contributed by atoms with van der Waals surface area (Å²) < 4.78 is 30.1. The number of piperidine rings is 1. The second-order valence-corrected chi connectivity index (χ2v) is 11.1. The Morgan fingerprint density at radius 2 is 2.00 bits per heavy atom. The lowest BCUT2D eigenvalue weighted by atomic mass is 9.97. The van der Waals surface area contributed by atoms with Gasteiger partial charge in [0.25, 0.3) is 0 Å². The maximum Gasteiger partial charge on any atom is 0.308 e. The summed E-state index contributed by atoms with van der Waals surface area (Å²) in [6.45, 7) is 4.83. The van der Waals surface area contributed by atoms with Crippen molar-refractivity contribution < 1.29 is 13.2 Å². The summed E-state index contributed by atoms with van der Waals surface area (Å²) in [6, 6.07) is 8.57. The maximum atomic E-state index is 13.2. The van der Waals surface area contributed by atoms with Gasteiger partial charge in [-0.1, -0.05) is 17.4 Å². The zero-order valence-electron chi connectivity index (χ0n) is 18.0. The molecule has 0 bridgehead atoms. The summed E-state index contributed by atoms with van der Waals surface area (Å²) in [6.07, 6.45) is 4.33. The van der Waals surface area contributed by atoms with Gasteiger partial charge in [0.15, 0.2) is 0 Å². The predicted octanol–water partition coefficient (Wildman–Crippen LogP) is 2.76. The number of nitrogens with zero attached hydrogens (tertiary/aromatic N) is 3. The molecule has 3 heterocycles. The van der Waals surface area contributed by atoms with Gasteiger partial charge in [0.05, 0.1) is 15.1 Å². The number of nitrogens with one attached hydrogen (secondary N) is 1. The molecule has 1 aromatic carbocycles. The SMILES string of the molecule is CC(C)n1c(=O)sc2cc(S(=O)(=O)N3CCC(C(=O)NCc4cccnc4)CC3)ccc21. The number of fused-ring (bicyclic) bond motifs is 1. The largest absolute Gasteiger partial charge is 0.352 e. The number of amides is 1. The minimum absolute atomic E-state index is 0.00188. The zero-order chi connectivity index (χ0) is 22.9. The Labute approximate surface area is 190 Å². The highest BCUT2D eigenvalue weighted by Crippen LogP contribution is 2.28. The standard InChI is InChI=1S/C22H26N4O4S2/c1-15(2)26-19-6-5-18(12-20(19)31-22(26)28)32(29,30)25-10-7-17(8-11-25)21(27)24-14-16-4-3-9-23-13-16/h3-6,9,12-13,15,17H,7-8,10-11,14H2,1-2H3,(H,24,27). The van der Waals surface area contributed by atoms with Crippen molar-refractivity contribution in [1.29, 1.82) is 0 Å². The molecule has 0 spiro atoms. The molecule has 1 aliphatic heterocycles. The first-order chi connectivity index (χ1) is 15.3. The van der Waals surface area contributed by atoms with Gasteiger partial charge in [-0.2, -0.15) is 4.31 Å². The smallest absolute Gasteiger partial charge is 0.308 e. The first kappa shape index (κ1) is 22.6. The second-order valence-electron chi connectivity index (χ2n) is 8.22. The van der Waals surface area contributed by atoms with Gasteiger partial charge in [-0.15, -0.1) is 0 Å². The molecule has 1 N–H and O–H groups in total. The molecule has 1 saturated heterocycles. The molecule has 8 nitrogen and oxygen atoms in total. The van der Waals surface area contributed by atoms with E-state index in [4.69, 9.17) is 0 Å². The fraction of sp³-hybridized carbons (Fsp3) is 0.409. The highest BCUT2D eigenvalue weighted by molar-refractivity contribution is 7.89. The maximum absolute atomic E-state index is 13.2. The van der Waals surface area contributed by atoms with Crippen LogP contribution in [0, 0.1) is 5.92 Å². The first-order valence-corrected chi connectivity index (χ1v) is 12.8. The van der Waals surface area contributed by atoms with Crippen LogP contribution in [0.4, 0.5) is 0 Å². The van der Waals surface area contributed by atoms with Crippen molar-refractivity contribution in [3.8, 4) is 0 Å². The van der Waals surface area contributed by atoms with Crippen molar-refractivity contribution in [3.05, 3.63) is 58.0 Å². The molecule has 1 amide bonds. The third-order valence-electron chi connectivity index (χ3n) is 5.75. The number of hydrogen-bond acceptors (Lipinski definition) is 6. The number of carbonyl (C=O) groups excluding carboxylic acids is 1. The number of rotatable bonds is 6. The Kier molecular flexibility index (Phi) is 6.45. The molecule has 4 rings (SSSR count). The number of hydrogen-bond donors (Lipinski definition) is 1. The van der Waals surface area contributed by atoms with Crippen LogP contribution in [0.1, 0.15) is 38.3 Å². The van der Waals surface area contributed by atoms with E-state index in [1.807, 2.05) is 26.0 Å². The van der Waals surface area contributed by atoms with Crippen LogP contribution in [0.15, 0.2) is 52.4 Å². The van der Waals surface area contributed by atoms with Gasteiger partial charge in [0.2, 0.25) is 15.9 Å². The fourth-order valence-corrected chi connectivity index (χ4v) is 6.63. The van der Waals surface area contributed by atoms with Gasteiger partial charge in [-0.3, -0.25) is 19.1 Å². The van der Waals surface area contributed by atoms with E-state index in [2.05, 4.69) is 10.3 Å². The Morgan fingerprint density at radius 1 is 1.25 bits per heavy atom. The van der Waals surface area contributed by atoms with Crippen LogP contribution in [0.25, 0.3) is 10.2 Å². The Balaban J connectivity index is 1.42. The van der Waals surface area contributed by atoms with Gasteiger partial charge < -0.3 is 5.32 Å². The van der Waals surface area contributed by atoms with Crippen molar-refractivity contribution in [2.75, 3.05) is 13.1 Å².